The number of nitrogens with one attached hydrogen (secondary N) is 1. The third-order valence-electron chi connectivity index (χ3n) is 2.74. The van der Waals surface area contributed by atoms with Crippen LogP contribution < -0.4 is 11.1 Å². The fourth-order valence-corrected chi connectivity index (χ4v) is 2.33. The van der Waals surface area contributed by atoms with E-state index in [0.29, 0.717) is 21.8 Å². The smallest absolute Gasteiger partial charge is 0.269 e. The van der Waals surface area contributed by atoms with Crippen LogP contribution in [0.1, 0.15) is 26.5 Å². The van der Waals surface area contributed by atoms with Gasteiger partial charge in [0.25, 0.3) is 5.91 Å². The molecule has 8 heteroatoms. The van der Waals surface area contributed by atoms with E-state index in [4.69, 9.17) is 10.9 Å². The third-order valence-corrected chi connectivity index (χ3v) is 3.57. The van der Waals surface area contributed by atoms with Crippen molar-refractivity contribution >= 4 is 29.0 Å². The molecule has 0 bridgehead atoms. The average Bonchev–Trinajstić information content (AvgIpc) is 2.84. The molecule has 0 unspecified atom stereocenters. The Bertz CT molecular complexity index is 680. The van der Waals surface area contributed by atoms with Crippen molar-refractivity contribution in [3.05, 3.63) is 39.9 Å². The molecule has 104 valence electrons. The van der Waals surface area contributed by atoms with Crippen LogP contribution >= 0.6 is 11.5 Å². The highest BCUT2D eigenvalue weighted by atomic mass is 32.1. The molecule has 0 aliphatic heterocycles. The summed E-state index contributed by atoms with van der Waals surface area (Å²) < 4.78 is 3.72. The summed E-state index contributed by atoms with van der Waals surface area (Å²) in [6, 6.07) is 5.27. The van der Waals surface area contributed by atoms with Crippen molar-refractivity contribution in [2.24, 2.45) is 10.9 Å². The number of anilines is 1. The molecule has 0 aliphatic rings. The lowest BCUT2D eigenvalue weighted by molar-refractivity contribution is 0.103. The fraction of sp³-hybridized carbons (Fsp3) is 0.167. The van der Waals surface area contributed by atoms with Crippen LogP contribution in [0.25, 0.3) is 0 Å². The van der Waals surface area contributed by atoms with Gasteiger partial charge in [-0.25, -0.2) is 0 Å². The number of benzene rings is 1. The van der Waals surface area contributed by atoms with Gasteiger partial charge in [0.15, 0.2) is 5.84 Å². The number of carbonyl (C=O) groups excluding carboxylic acids is 1. The summed E-state index contributed by atoms with van der Waals surface area (Å²) in [5.74, 6) is -0.382. The van der Waals surface area contributed by atoms with Gasteiger partial charge >= 0.3 is 0 Å². The van der Waals surface area contributed by atoms with Gasteiger partial charge in [-0.1, -0.05) is 21.8 Å². The van der Waals surface area contributed by atoms with Gasteiger partial charge in [0.2, 0.25) is 0 Å². The normalized spacial score (nSPS) is 11.4. The number of carbonyl (C=O) groups is 1. The number of hydrogen-bond donors (Lipinski definition) is 3. The summed E-state index contributed by atoms with van der Waals surface area (Å²) in [5.41, 5.74) is 7.95. The van der Waals surface area contributed by atoms with Crippen LogP contribution in [0.4, 0.5) is 5.69 Å². The molecule has 1 aromatic carbocycles. The highest BCUT2D eigenvalue weighted by molar-refractivity contribution is 7.08. The summed E-state index contributed by atoms with van der Waals surface area (Å²) >= 11 is 1.02. The molecule has 20 heavy (non-hydrogen) atoms. The summed E-state index contributed by atoms with van der Waals surface area (Å²) in [6.07, 6.45) is 0. The summed E-state index contributed by atoms with van der Waals surface area (Å²) in [4.78, 5) is 12.6. The zero-order valence-corrected chi connectivity index (χ0v) is 11.7. The minimum absolute atomic E-state index is 0.0578. The molecule has 0 saturated carbocycles. The van der Waals surface area contributed by atoms with Crippen molar-refractivity contribution in [3.8, 4) is 0 Å². The van der Waals surface area contributed by atoms with Gasteiger partial charge in [-0.05, 0) is 37.0 Å². The van der Waals surface area contributed by atoms with E-state index in [1.54, 1.807) is 19.1 Å². The average molecular weight is 291 g/mol. The predicted molar refractivity (Wildman–Crippen MR) is 76.3 cm³/mol. The number of nitrogens with zero attached hydrogens (tertiary/aromatic N) is 3. The van der Waals surface area contributed by atoms with Gasteiger partial charge in [0.1, 0.15) is 4.88 Å². The van der Waals surface area contributed by atoms with Crippen LogP contribution in [0.5, 0.6) is 0 Å². The highest BCUT2D eigenvalue weighted by Gasteiger charge is 2.17. The second-order valence-corrected chi connectivity index (χ2v) is 4.88. The molecule has 1 aromatic heterocycles. The highest BCUT2D eigenvalue weighted by Crippen LogP contribution is 2.21. The minimum atomic E-state index is -0.324. The van der Waals surface area contributed by atoms with Crippen LogP contribution in [0.15, 0.2) is 23.4 Å². The van der Waals surface area contributed by atoms with E-state index in [0.717, 1.165) is 17.1 Å². The maximum Gasteiger partial charge on any atom is 0.269 e. The number of aromatic nitrogens is 2. The number of amides is 1. The molecule has 4 N–H and O–H groups in total. The standard InChI is InChI=1S/C12H13N5O2S/c1-6-4-3-5-8(9(6)11(13)16-19)14-12(18)10-7(2)15-17-20-10/h3-5,19H,1-2H3,(H2,13,16)(H,14,18). The number of nitrogens with two attached hydrogens (primary N) is 1. The molecule has 1 heterocycles. The largest absolute Gasteiger partial charge is 0.409 e. The Morgan fingerprint density at radius 1 is 1.45 bits per heavy atom. The van der Waals surface area contributed by atoms with Crippen LogP contribution in [-0.2, 0) is 0 Å². The zero-order valence-electron chi connectivity index (χ0n) is 10.9. The molecular formula is C12H13N5O2S. The van der Waals surface area contributed by atoms with Gasteiger partial charge in [-0.15, -0.1) is 5.10 Å². The van der Waals surface area contributed by atoms with Crippen LogP contribution in [0, 0.1) is 13.8 Å². The van der Waals surface area contributed by atoms with Gasteiger partial charge in [-0.2, -0.15) is 0 Å². The maximum atomic E-state index is 12.1. The van der Waals surface area contributed by atoms with Crippen molar-refractivity contribution in [2.75, 3.05) is 5.32 Å². The number of rotatable bonds is 3. The van der Waals surface area contributed by atoms with Gasteiger partial charge in [0, 0.05) is 5.56 Å². The van der Waals surface area contributed by atoms with E-state index in [9.17, 15) is 4.79 Å². The topological polar surface area (TPSA) is 113 Å². The maximum absolute atomic E-state index is 12.1. The summed E-state index contributed by atoms with van der Waals surface area (Å²) in [6.45, 7) is 3.52. The van der Waals surface area contributed by atoms with Gasteiger partial charge in [-0.3, -0.25) is 4.79 Å². The van der Waals surface area contributed by atoms with E-state index >= 15 is 0 Å². The Labute approximate surface area is 119 Å². The molecule has 0 aliphatic carbocycles. The van der Waals surface area contributed by atoms with Crippen molar-refractivity contribution in [1.82, 2.24) is 9.59 Å². The molecule has 1 amide bonds. The number of hydrogen-bond acceptors (Lipinski definition) is 6. The van der Waals surface area contributed by atoms with Crippen LogP contribution in [-0.4, -0.2) is 26.5 Å². The Kier molecular flexibility index (Phi) is 3.94. The molecule has 0 fully saturated rings. The molecule has 0 atom stereocenters. The molecule has 2 rings (SSSR count). The molecule has 0 spiro atoms. The van der Waals surface area contributed by atoms with E-state index in [-0.39, 0.29) is 11.7 Å². The molecule has 7 nitrogen and oxygen atoms in total. The Hall–Kier alpha value is -2.48. The van der Waals surface area contributed by atoms with Crippen molar-refractivity contribution in [2.45, 2.75) is 13.8 Å². The fourth-order valence-electron chi connectivity index (χ4n) is 1.78. The molecule has 0 saturated heterocycles. The van der Waals surface area contributed by atoms with Gasteiger partial charge in [0.05, 0.1) is 11.4 Å². The first kappa shape index (κ1) is 13.9. The predicted octanol–water partition coefficient (Wildman–Crippen LogP) is 1.50. The lowest BCUT2D eigenvalue weighted by Crippen LogP contribution is -2.20. The molecular weight excluding hydrogens is 278 g/mol. The quantitative estimate of drug-likeness (QED) is 0.343. The first-order chi connectivity index (χ1) is 9.54. The third kappa shape index (κ3) is 2.59. The lowest BCUT2D eigenvalue weighted by atomic mass is 10.1. The summed E-state index contributed by atoms with van der Waals surface area (Å²) in [7, 11) is 0. The molecule has 2 aromatic rings. The Balaban J connectivity index is 2.38. The monoisotopic (exact) mass is 291 g/mol. The number of oxime groups is 1. The van der Waals surface area contributed by atoms with Crippen molar-refractivity contribution in [3.63, 3.8) is 0 Å². The first-order valence-electron chi connectivity index (χ1n) is 5.72. The van der Waals surface area contributed by atoms with E-state index in [2.05, 4.69) is 20.1 Å². The SMILES string of the molecule is Cc1cccc(NC(=O)c2snnc2C)c1/C(N)=N/O. The molecule has 0 radical (unpaired) electrons. The van der Waals surface area contributed by atoms with Crippen molar-refractivity contribution in [1.29, 1.82) is 0 Å². The number of amidine groups is 1. The second kappa shape index (κ2) is 5.66. The second-order valence-electron chi connectivity index (χ2n) is 4.12. The van der Waals surface area contributed by atoms with Crippen molar-refractivity contribution < 1.29 is 10.0 Å². The van der Waals surface area contributed by atoms with E-state index in [1.165, 1.54) is 0 Å². The minimum Gasteiger partial charge on any atom is -0.409 e. The lowest BCUT2D eigenvalue weighted by Gasteiger charge is -2.12. The first-order valence-corrected chi connectivity index (χ1v) is 6.49. The van der Waals surface area contributed by atoms with Gasteiger partial charge < -0.3 is 16.3 Å². The summed E-state index contributed by atoms with van der Waals surface area (Å²) in [5, 5.41) is 18.3. The Morgan fingerprint density at radius 2 is 2.20 bits per heavy atom. The van der Waals surface area contributed by atoms with E-state index in [1.807, 2.05) is 13.0 Å². The Morgan fingerprint density at radius 3 is 2.80 bits per heavy atom. The van der Waals surface area contributed by atoms with E-state index < -0.39 is 0 Å². The number of aryl methyl sites for hydroxylation is 2. The van der Waals surface area contributed by atoms with Crippen LogP contribution in [0.2, 0.25) is 0 Å². The zero-order chi connectivity index (χ0) is 14.7. The van der Waals surface area contributed by atoms with Crippen LogP contribution in [0.3, 0.4) is 0 Å².